The zero-order valence-electron chi connectivity index (χ0n) is 19.2. The van der Waals surface area contributed by atoms with Crippen molar-refractivity contribution in [3.8, 4) is 22.8 Å². The van der Waals surface area contributed by atoms with E-state index in [2.05, 4.69) is 20.7 Å². The minimum Gasteiger partial charge on any atom is -0.497 e. The standard InChI is InChI=1S/C26H25N5O2S/c1-18-9-13-22(14-10-18)31-25(21-7-5-4-6-8-21)29-30-26(31)34-17-24(32)28-27-19(2)20-11-15-23(33-3)16-12-20/h4-16H,17H2,1-3H3,(H,28,32)/b27-19+. The average Bonchev–Trinajstić information content (AvgIpc) is 3.31. The molecule has 0 atom stereocenters. The number of thioether (sulfide) groups is 1. The number of aromatic nitrogens is 3. The van der Waals surface area contributed by atoms with Crippen molar-refractivity contribution < 1.29 is 9.53 Å². The molecule has 34 heavy (non-hydrogen) atoms. The number of aryl methyl sites for hydroxylation is 1. The van der Waals surface area contributed by atoms with Gasteiger partial charge in [0.1, 0.15) is 5.75 Å². The molecule has 1 N–H and O–H groups in total. The van der Waals surface area contributed by atoms with Crippen LogP contribution < -0.4 is 10.2 Å². The topological polar surface area (TPSA) is 81.4 Å². The van der Waals surface area contributed by atoms with Crippen LogP contribution in [0.3, 0.4) is 0 Å². The molecule has 0 aliphatic rings. The predicted octanol–water partition coefficient (Wildman–Crippen LogP) is 4.88. The SMILES string of the molecule is COc1ccc(/C(C)=N/NC(=O)CSc2nnc(-c3ccccc3)n2-c2ccc(C)cc2)cc1. The summed E-state index contributed by atoms with van der Waals surface area (Å²) in [5.41, 5.74) is 7.28. The Kier molecular flexibility index (Phi) is 7.39. The van der Waals surface area contributed by atoms with Crippen LogP contribution in [0.25, 0.3) is 17.1 Å². The number of amides is 1. The van der Waals surface area contributed by atoms with Crippen LogP contribution in [-0.2, 0) is 4.79 Å². The van der Waals surface area contributed by atoms with Crippen LogP contribution in [0.1, 0.15) is 18.1 Å². The second kappa shape index (κ2) is 10.8. The van der Waals surface area contributed by atoms with Crippen LogP contribution >= 0.6 is 11.8 Å². The van der Waals surface area contributed by atoms with Crippen LogP contribution in [0.4, 0.5) is 0 Å². The Balaban J connectivity index is 1.49. The van der Waals surface area contributed by atoms with Gasteiger partial charge in [-0.25, -0.2) is 5.43 Å². The van der Waals surface area contributed by atoms with E-state index in [1.54, 1.807) is 7.11 Å². The third-order valence-electron chi connectivity index (χ3n) is 5.15. The van der Waals surface area contributed by atoms with E-state index in [1.807, 2.05) is 97.3 Å². The van der Waals surface area contributed by atoms with Crippen LogP contribution in [0.15, 0.2) is 89.1 Å². The first-order valence-corrected chi connectivity index (χ1v) is 11.7. The number of carbonyl (C=O) groups is 1. The van der Waals surface area contributed by atoms with Crippen molar-refractivity contribution in [2.24, 2.45) is 5.10 Å². The highest BCUT2D eigenvalue weighted by Crippen LogP contribution is 2.28. The van der Waals surface area contributed by atoms with Crippen LogP contribution in [0.5, 0.6) is 5.75 Å². The summed E-state index contributed by atoms with van der Waals surface area (Å²) in [6.45, 7) is 3.89. The first kappa shape index (κ1) is 23.3. The van der Waals surface area contributed by atoms with E-state index in [4.69, 9.17) is 4.74 Å². The van der Waals surface area contributed by atoms with Gasteiger partial charge in [-0.1, -0.05) is 59.8 Å². The van der Waals surface area contributed by atoms with Crippen LogP contribution in [-0.4, -0.2) is 39.2 Å². The maximum atomic E-state index is 12.5. The molecular formula is C26H25N5O2S. The molecule has 4 aromatic rings. The average molecular weight is 472 g/mol. The number of methoxy groups -OCH3 is 1. The molecule has 4 rings (SSSR count). The van der Waals surface area contributed by atoms with Crippen molar-refractivity contribution in [1.82, 2.24) is 20.2 Å². The Morgan fingerprint density at radius 3 is 2.38 bits per heavy atom. The Morgan fingerprint density at radius 1 is 1.00 bits per heavy atom. The highest BCUT2D eigenvalue weighted by molar-refractivity contribution is 7.99. The molecule has 0 radical (unpaired) electrons. The third kappa shape index (κ3) is 5.52. The van der Waals surface area contributed by atoms with E-state index in [9.17, 15) is 4.79 Å². The summed E-state index contributed by atoms with van der Waals surface area (Å²) in [6, 6.07) is 25.5. The van der Waals surface area contributed by atoms with Crippen LogP contribution in [0, 0.1) is 6.92 Å². The molecule has 0 fully saturated rings. The fourth-order valence-corrected chi connectivity index (χ4v) is 4.01. The minimum absolute atomic E-state index is 0.151. The Morgan fingerprint density at radius 2 is 1.71 bits per heavy atom. The predicted molar refractivity (Wildman–Crippen MR) is 136 cm³/mol. The molecule has 7 nitrogen and oxygen atoms in total. The van der Waals surface area contributed by atoms with Gasteiger partial charge in [0.2, 0.25) is 0 Å². The first-order chi connectivity index (χ1) is 16.5. The van der Waals surface area contributed by atoms with Gasteiger partial charge in [-0.2, -0.15) is 5.10 Å². The van der Waals surface area contributed by atoms with Gasteiger partial charge in [-0.15, -0.1) is 10.2 Å². The number of benzene rings is 3. The highest BCUT2D eigenvalue weighted by atomic mass is 32.2. The van der Waals surface area contributed by atoms with Gasteiger partial charge in [-0.05, 0) is 55.8 Å². The van der Waals surface area contributed by atoms with Gasteiger partial charge in [0.05, 0.1) is 18.6 Å². The van der Waals surface area contributed by atoms with Gasteiger partial charge < -0.3 is 4.74 Å². The summed E-state index contributed by atoms with van der Waals surface area (Å²) in [5, 5.41) is 13.6. The molecule has 0 aliphatic heterocycles. The van der Waals surface area contributed by atoms with Crippen molar-refractivity contribution >= 4 is 23.4 Å². The number of nitrogens with one attached hydrogen (secondary N) is 1. The summed E-state index contributed by atoms with van der Waals surface area (Å²) in [7, 11) is 1.62. The number of nitrogens with zero attached hydrogens (tertiary/aromatic N) is 4. The van der Waals surface area contributed by atoms with E-state index in [-0.39, 0.29) is 11.7 Å². The summed E-state index contributed by atoms with van der Waals surface area (Å²) in [6.07, 6.45) is 0. The second-order valence-corrected chi connectivity index (χ2v) is 8.54. The molecule has 0 saturated heterocycles. The fraction of sp³-hybridized carbons (Fsp3) is 0.154. The second-order valence-electron chi connectivity index (χ2n) is 7.59. The van der Waals surface area contributed by atoms with E-state index in [0.717, 1.165) is 34.0 Å². The van der Waals surface area contributed by atoms with Gasteiger partial charge >= 0.3 is 0 Å². The molecule has 0 saturated carbocycles. The molecule has 3 aromatic carbocycles. The number of ether oxygens (including phenoxy) is 1. The molecule has 1 heterocycles. The summed E-state index contributed by atoms with van der Waals surface area (Å²) in [4.78, 5) is 12.5. The lowest BCUT2D eigenvalue weighted by Crippen LogP contribution is -2.21. The lowest BCUT2D eigenvalue weighted by Gasteiger charge is -2.10. The Hall–Kier alpha value is -3.91. The van der Waals surface area contributed by atoms with E-state index in [1.165, 1.54) is 11.8 Å². The van der Waals surface area contributed by atoms with E-state index >= 15 is 0 Å². The lowest BCUT2D eigenvalue weighted by molar-refractivity contribution is -0.118. The maximum absolute atomic E-state index is 12.5. The Bertz CT molecular complexity index is 1280. The van der Waals surface area contributed by atoms with Crippen molar-refractivity contribution in [2.45, 2.75) is 19.0 Å². The van der Waals surface area contributed by atoms with Crippen molar-refractivity contribution in [1.29, 1.82) is 0 Å². The molecule has 1 aromatic heterocycles. The van der Waals surface area contributed by atoms with Crippen molar-refractivity contribution in [3.05, 3.63) is 90.0 Å². The van der Waals surface area contributed by atoms with Gasteiger partial charge in [0, 0.05) is 11.3 Å². The van der Waals surface area contributed by atoms with Crippen molar-refractivity contribution in [2.75, 3.05) is 12.9 Å². The molecule has 0 unspecified atom stereocenters. The first-order valence-electron chi connectivity index (χ1n) is 10.7. The number of hydrogen-bond acceptors (Lipinski definition) is 6. The molecule has 0 spiro atoms. The zero-order valence-corrected chi connectivity index (χ0v) is 20.0. The monoisotopic (exact) mass is 471 g/mol. The smallest absolute Gasteiger partial charge is 0.250 e. The number of rotatable bonds is 8. The summed E-state index contributed by atoms with van der Waals surface area (Å²) >= 11 is 1.31. The van der Waals surface area contributed by atoms with E-state index < -0.39 is 0 Å². The number of hydrogen-bond donors (Lipinski definition) is 1. The largest absolute Gasteiger partial charge is 0.497 e. The molecule has 0 aliphatic carbocycles. The molecule has 1 amide bonds. The Labute approximate surface area is 202 Å². The maximum Gasteiger partial charge on any atom is 0.250 e. The van der Waals surface area contributed by atoms with Crippen LogP contribution in [0.2, 0.25) is 0 Å². The number of carbonyl (C=O) groups excluding carboxylic acids is 1. The molecule has 172 valence electrons. The lowest BCUT2D eigenvalue weighted by atomic mass is 10.1. The zero-order chi connectivity index (χ0) is 23.9. The minimum atomic E-state index is -0.224. The van der Waals surface area contributed by atoms with Gasteiger partial charge in [0.15, 0.2) is 11.0 Å². The van der Waals surface area contributed by atoms with Gasteiger partial charge in [-0.3, -0.25) is 9.36 Å². The molecule has 0 bridgehead atoms. The quantitative estimate of drug-likeness (QED) is 0.225. The fourth-order valence-electron chi connectivity index (χ4n) is 3.27. The molecular weight excluding hydrogens is 446 g/mol. The van der Waals surface area contributed by atoms with Crippen molar-refractivity contribution in [3.63, 3.8) is 0 Å². The third-order valence-corrected chi connectivity index (χ3v) is 6.07. The van der Waals surface area contributed by atoms with E-state index in [0.29, 0.717) is 10.9 Å². The molecule has 8 heteroatoms. The normalized spacial score (nSPS) is 11.3. The van der Waals surface area contributed by atoms with Gasteiger partial charge in [0.25, 0.3) is 5.91 Å². The summed E-state index contributed by atoms with van der Waals surface area (Å²) in [5.74, 6) is 1.42. The summed E-state index contributed by atoms with van der Waals surface area (Å²) < 4.78 is 7.14. The number of hydrazone groups is 1. The highest BCUT2D eigenvalue weighted by Gasteiger charge is 2.17.